The highest BCUT2D eigenvalue weighted by Gasteiger charge is 2.17. The first-order chi connectivity index (χ1) is 8.15. The fraction of sp³-hybridized carbons (Fsp3) is 0.643. The fourth-order valence-electron chi connectivity index (χ4n) is 1.24. The Kier molecular flexibility index (Phi) is 6.70. The molecule has 0 aliphatic carbocycles. The summed E-state index contributed by atoms with van der Waals surface area (Å²) in [5.41, 5.74) is 0.498. The molecule has 1 atom stereocenters. The molecule has 4 nitrogen and oxygen atoms in total. The highest BCUT2D eigenvalue weighted by molar-refractivity contribution is 5.67. The number of alkyl carbamates (subject to hydrolysis) is 1. The maximum absolute atomic E-state index is 11.5. The van der Waals surface area contributed by atoms with Crippen LogP contribution in [0.5, 0.6) is 0 Å². The summed E-state index contributed by atoms with van der Waals surface area (Å²) >= 11 is 0. The van der Waals surface area contributed by atoms with E-state index in [4.69, 9.17) is 4.74 Å². The summed E-state index contributed by atoms with van der Waals surface area (Å²) in [6.45, 7) is 16.4. The van der Waals surface area contributed by atoms with Crippen LogP contribution in [-0.2, 0) is 4.74 Å². The van der Waals surface area contributed by atoms with Gasteiger partial charge in [-0.3, -0.25) is 4.90 Å². The molecule has 104 valence electrons. The molecule has 4 heteroatoms. The molecule has 0 aromatic carbocycles. The maximum atomic E-state index is 11.5. The van der Waals surface area contributed by atoms with Gasteiger partial charge < -0.3 is 10.1 Å². The summed E-state index contributed by atoms with van der Waals surface area (Å²) in [4.78, 5) is 13.6. The molecule has 0 aliphatic rings. The second-order valence-electron chi connectivity index (χ2n) is 5.51. The molecule has 0 bridgehead atoms. The van der Waals surface area contributed by atoms with E-state index in [0.717, 1.165) is 12.1 Å². The number of ether oxygens (including phenoxy) is 1. The molecule has 0 fully saturated rings. The Balaban J connectivity index is 4.02. The molecular weight excluding hydrogens is 228 g/mol. The monoisotopic (exact) mass is 254 g/mol. The van der Waals surface area contributed by atoms with E-state index < -0.39 is 5.60 Å². The van der Waals surface area contributed by atoms with Crippen molar-refractivity contribution in [1.29, 1.82) is 0 Å². The van der Waals surface area contributed by atoms with Crippen molar-refractivity contribution in [2.24, 2.45) is 0 Å². The van der Waals surface area contributed by atoms with Gasteiger partial charge in [0.15, 0.2) is 0 Å². The third-order valence-electron chi connectivity index (χ3n) is 2.43. The molecule has 0 saturated carbocycles. The molecule has 1 N–H and O–H groups in total. The second kappa shape index (κ2) is 7.21. The zero-order valence-electron chi connectivity index (χ0n) is 12.2. The van der Waals surface area contributed by atoms with Gasteiger partial charge in [0.25, 0.3) is 0 Å². The number of nitrogens with one attached hydrogen (secondary N) is 1. The summed E-state index contributed by atoms with van der Waals surface area (Å²) in [5.74, 6) is 0. The van der Waals surface area contributed by atoms with Crippen LogP contribution in [-0.4, -0.2) is 42.8 Å². The molecule has 0 aromatic rings. The van der Waals surface area contributed by atoms with Crippen LogP contribution in [0, 0.1) is 0 Å². The van der Waals surface area contributed by atoms with E-state index in [9.17, 15) is 4.79 Å². The van der Waals surface area contributed by atoms with Crippen molar-refractivity contribution in [2.45, 2.75) is 39.3 Å². The molecular formula is C14H26N2O2. The minimum atomic E-state index is -0.462. The standard InChI is InChI=1S/C14H26N2O2/c1-8-11(2)10-16(7)12(3)9-15-13(17)18-14(4,5)6/h8,12H,1-2,9-10H2,3-7H3,(H,15,17). The van der Waals surface area contributed by atoms with E-state index in [0.29, 0.717) is 6.54 Å². The molecule has 1 amide bonds. The molecule has 0 aliphatic heterocycles. The van der Waals surface area contributed by atoms with Gasteiger partial charge in [0.2, 0.25) is 0 Å². The topological polar surface area (TPSA) is 41.6 Å². The first-order valence-electron chi connectivity index (χ1n) is 6.13. The average Bonchev–Trinajstić information content (AvgIpc) is 2.23. The van der Waals surface area contributed by atoms with E-state index in [1.165, 1.54) is 0 Å². The third-order valence-corrected chi connectivity index (χ3v) is 2.43. The number of hydrogen-bond acceptors (Lipinski definition) is 3. The van der Waals surface area contributed by atoms with Gasteiger partial charge in [-0.25, -0.2) is 4.79 Å². The molecule has 0 spiro atoms. The first kappa shape index (κ1) is 16.7. The van der Waals surface area contributed by atoms with Gasteiger partial charge in [-0.2, -0.15) is 0 Å². The fourth-order valence-corrected chi connectivity index (χ4v) is 1.24. The zero-order valence-corrected chi connectivity index (χ0v) is 12.2. The van der Waals surface area contributed by atoms with Crippen LogP contribution < -0.4 is 5.32 Å². The van der Waals surface area contributed by atoms with Gasteiger partial charge >= 0.3 is 6.09 Å². The van der Waals surface area contributed by atoms with Crippen LogP contribution in [0.2, 0.25) is 0 Å². The summed E-state index contributed by atoms with van der Waals surface area (Å²) in [6.07, 6.45) is 1.36. The van der Waals surface area contributed by atoms with E-state index in [1.54, 1.807) is 6.08 Å². The summed E-state index contributed by atoms with van der Waals surface area (Å²) in [6, 6.07) is 0.203. The average molecular weight is 254 g/mol. The lowest BCUT2D eigenvalue weighted by atomic mass is 10.2. The molecule has 0 radical (unpaired) electrons. The van der Waals surface area contributed by atoms with Gasteiger partial charge in [-0.05, 0) is 40.3 Å². The van der Waals surface area contributed by atoms with E-state index in [-0.39, 0.29) is 12.1 Å². The predicted molar refractivity (Wildman–Crippen MR) is 75.7 cm³/mol. The third kappa shape index (κ3) is 7.90. The van der Waals surface area contributed by atoms with E-state index >= 15 is 0 Å². The highest BCUT2D eigenvalue weighted by atomic mass is 16.6. The molecule has 1 unspecified atom stereocenters. The Hall–Kier alpha value is -1.29. The number of amides is 1. The Bertz CT molecular complexity index is 305. The minimum absolute atomic E-state index is 0.203. The maximum Gasteiger partial charge on any atom is 0.407 e. The van der Waals surface area contributed by atoms with Crippen molar-refractivity contribution >= 4 is 6.09 Å². The van der Waals surface area contributed by atoms with Crippen molar-refractivity contribution in [3.05, 3.63) is 24.8 Å². The van der Waals surface area contributed by atoms with E-state index in [1.807, 2.05) is 34.7 Å². The van der Waals surface area contributed by atoms with Crippen LogP contribution in [0.4, 0.5) is 4.79 Å². The molecule has 0 saturated heterocycles. The van der Waals surface area contributed by atoms with Crippen LogP contribution in [0.1, 0.15) is 27.7 Å². The van der Waals surface area contributed by atoms with Crippen LogP contribution >= 0.6 is 0 Å². The van der Waals surface area contributed by atoms with Crippen molar-refractivity contribution in [2.75, 3.05) is 20.1 Å². The molecule has 0 aromatic heterocycles. The summed E-state index contributed by atoms with van der Waals surface area (Å²) in [5, 5.41) is 2.75. The highest BCUT2D eigenvalue weighted by Crippen LogP contribution is 2.06. The number of nitrogens with zero attached hydrogens (tertiary/aromatic N) is 1. The summed E-state index contributed by atoms with van der Waals surface area (Å²) < 4.78 is 5.17. The number of carbonyl (C=O) groups excluding carboxylic acids is 1. The second-order valence-corrected chi connectivity index (χ2v) is 5.51. The molecule has 0 heterocycles. The van der Waals surface area contributed by atoms with E-state index in [2.05, 4.69) is 23.4 Å². The van der Waals surface area contributed by atoms with Gasteiger partial charge in [0.1, 0.15) is 5.60 Å². The molecule has 0 rings (SSSR count). The Morgan fingerprint density at radius 3 is 2.50 bits per heavy atom. The van der Waals surface area contributed by atoms with Crippen molar-refractivity contribution in [1.82, 2.24) is 10.2 Å². The Labute approximate surface area is 111 Å². The first-order valence-corrected chi connectivity index (χ1v) is 6.13. The smallest absolute Gasteiger partial charge is 0.407 e. The van der Waals surface area contributed by atoms with Crippen molar-refractivity contribution < 1.29 is 9.53 Å². The van der Waals surface area contributed by atoms with Crippen molar-refractivity contribution in [3.63, 3.8) is 0 Å². The number of likely N-dealkylation sites (N-methyl/N-ethyl adjacent to an activating group) is 1. The SMILES string of the molecule is C=CC(=C)CN(C)C(C)CNC(=O)OC(C)(C)C. The lowest BCUT2D eigenvalue weighted by Gasteiger charge is -2.26. The number of rotatable bonds is 6. The Morgan fingerprint density at radius 2 is 2.06 bits per heavy atom. The number of carbonyl (C=O) groups is 1. The summed E-state index contributed by atoms with van der Waals surface area (Å²) in [7, 11) is 1.98. The van der Waals surface area contributed by atoms with Crippen LogP contribution in [0.3, 0.4) is 0 Å². The van der Waals surface area contributed by atoms with Gasteiger partial charge in [-0.1, -0.05) is 19.2 Å². The quantitative estimate of drug-likeness (QED) is 0.741. The van der Waals surface area contributed by atoms with Gasteiger partial charge in [0.05, 0.1) is 0 Å². The molecule has 18 heavy (non-hydrogen) atoms. The van der Waals surface area contributed by atoms with Gasteiger partial charge in [-0.15, -0.1) is 0 Å². The Morgan fingerprint density at radius 1 is 1.50 bits per heavy atom. The van der Waals surface area contributed by atoms with Crippen LogP contribution in [0.15, 0.2) is 24.8 Å². The lowest BCUT2D eigenvalue weighted by molar-refractivity contribution is 0.0514. The van der Waals surface area contributed by atoms with Crippen molar-refractivity contribution in [3.8, 4) is 0 Å². The lowest BCUT2D eigenvalue weighted by Crippen LogP contribution is -2.42. The van der Waals surface area contributed by atoms with Crippen LogP contribution in [0.25, 0.3) is 0 Å². The minimum Gasteiger partial charge on any atom is -0.444 e. The van der Waals surface area contributed by atoms with Gasteiger partial charge in [0, 0.05) is 19.1 Å². The number of hydrogen-bond donors (Lipinski definition) is 1. The largest absolute Gasteiger partial charge is 0.444 e. The normalized spacial score (nSPS) is 13.0. The zero-order chi connectivity index (χ0) is 14.3. The predicted octanol–water partition coefficient (Wildman–Crippen LogP) is 2.57.